The smallest absolute Gasteiger partial charge is 0.308 e. The van der Waals surface area contributed by atoms with Gasteiger partial charge in [-0.25, -0.2) is 0 Å². The number of likely N-dealkylation sites (tertiary alicyclic amines) is 2. The van der Waals surface area contributed by atoms with E-state index >= 15 is 0 Å². The monoisotopic (exact) mass is 358 g/mol. The molecule has 0 bridgehead atoms. The van der Waals surface area contributed by atoms with Crippen LogP contribution in [0.25, 0.3) is 0 Å². The highest BCUT2D eigenvalue weighted by molar-refractivity contribution is 5.89. The van der Waals surface area contributed by atoms with E-state index in [1.165, 1.54) is 0 Å². The number of hydrogen-bond donors (Lipinski definition) is 1. The van der Waals surface area contributed by atoms with Crippen LogP contribution < -0.4 is 0 Å². The summed E-state index contributed by atoms with van der Waals surface area (Å²) in [5, 5.41) is 9.40. The van der Waals surface area contributed by atoms with Gasteiger partial charge in [0.2, 0.25) is 11.8 Å². The van der Waals surface area contributed by atoms with E-state index in [0.29, 0.717) is 25.9 Å². The average molecular weight is 358 g/mol. The summed E-state index contributed by atoms with van der Waals surface area (Å²) in [7, 11) is 0. The molecule has 2 fully saturated rings. The van der Waals surface area contributed by atoms with Crippen LogP contribution >= 0.6 is 0 Å². The molecule has 3 atom stereocenters. The number of carboxylic acids is 1. The standard InChI is InChI=1S/C20H26N2O4/c1-14-11-16(20(25)26)13-21(12-14)19(24)18(15-7-3-2-4-8-15)22-10-6-5-9-17(22)23/h2-4,7-8,14,16,18H,5-6,9-13H2,1H3,(H,25,26). The summed E-state index contributed by atoms with van der Waals surface area (Å²) >= 11 is 0. The summed E-state index contributed by atoms with van der Waals surface area (Å²) in [6.45, 7) is 3.28. The second-order valence-corrected chi connectivity index (χ2v) is 7.48. The molecule has 0 aliphatic carbocycles. The summed E-state index contributed by atoms with van der Waals surface area (Å²) < 4.78 is 0. The highest BCUT2D eigenvalue weighted by Crippen LogP contribution is 2.30. The maximum atomic E-state index is 13.4. The number of aliphatic carboxylic acids is 1. The van der Waals surface area contributed by atoms with Crippen LogP contribution in [0.5, 0.6) is 0 Å². The van der Waals surface area contributed by atoms with Gasteiger partial charge < -0.3 is 14.9 Å². The van der Waals surface area contributed by atoms with Gasteiger partial charge in [0.1, 0.15) is 6.04 Å². The Morgan fingerprint density at radius 2 is 1.88 bits per heavy atom. The predicted molar refractivity (Wildman–Crippen MR) is 96.2 cm³/mol. The molecular weight excluding hydrogens is 332 g/mol. The van der Waals surface area contributed by atoms with E-state index < -0.39 is 17.9 Å². The molecule has 1 aromatic carbocycles. The number of piperidine rings is 2. The highest BCUT2D eigenvalue weighted by Gasteiger charge is 2.39. The van der Waals surface area contributed by atoms with Crippen LogP contribution in [0.1, 0.15) is 44.2 Å². The average Bonchev–Trinajstić information content (AvgIpc) is 2.64. The Balaban J connectivity index is 1.89. The van der Waals surface area contributed by atoms with Gasteiger partial charge >= 0.3 is 5.97 Å². The van der Waals surface area contributed by atoms with Crippen LogP contribution in [0.4, 0.5) is 0 Å². The van der Waals surface area contributed by atoms with Crippen LogP contribution in [-0.2, 0) is 14.4 Å². The third-order valence-corrected chi connectivity index (χ3v) is 5.34. The van der Waals surface area contributed by atoms with Crippen molar-refractivity contribution in [3.63, 3.8) is 0 Å². The van der Waals surface area contributed by atoms with E-state index in [1.54, 1.807) is 9.80 Å². The number of rotatable bonds is 4. The van der Waals surface area contributed by atoms with E-state index in [1.807, 2.05) is 37.3 Å². The van der Waals surface area contributed by atoms with Gasteiger partial charge in [0, 0.05) is 26.1 Å². The molecule has 140 valence electrons. The molecule has 0 saturated carbocycles. The molecule has 2 amide bonds. The molecule has 1 aromatic rings. The minimum Gasteiger partial charge on any atom is -0.481 e. The lowest BCUT2D eigenvalue weighted by Crippen LogP contribution is -2.52. The summed E-state index contributed by atoms with van der Waals surface area (Å²) in [4.78, 5) is 40.7. The fraction of sp³-hybridized carbons (Fsp3) is 0.550. The lowest BCUT2D eigenvalue weighted by Gasteiger charge is -2.40. The summed E-state index contributed by atoms with van der Waals surface area (Å²) in [5.41, 5.74) is 0.790. The van der Waals surface area contributed by atoms with Crippen LogP contribution in [0.3, 0.4) is 0 Å². The first-order valence-electron chi connectivity index (χ1n) is 9.33. The predicted octanol–water partition coefficient (Wildman–Crippen LogP) is 2.31. The second kappa shape index (κ2) is 7.89. The van der Waals surface area contributed by atoms with Gasteiger partial charge in [0.05, 0.1) is 5.92 Å². The van der Waals surface area contributed by atoms with E-state index in [-0.39, 0.29) is 24.3 Å². The Kier molecular flexibility index (Phi) is 5.59. The van der Waals surface area contributed by atoms with Crippen molar-refractivity contribution in [2.75, 3.05) is 19.6 Å². The maximum absolute atomic E-state index is 13.4. The summed E-state index contributed by atoms with van der Waals surface area (Å²) in [6, 6.07) is 8.68. The SMILES string of the molecule is CC1CC(C(=O)O)CN(C(=O)C(c2ccccc2)N2CCCCC2=O)C1. The third-order valence-electron chi connectivity index (χ3n) is 5.34. The van der Waals surface area contributed by atoms with Crippen LogP contribution in [0, 0.1) is 11.8 Å². The first-order valence-corrected chi connectivity index (χ1v) is 9.33. The fourth-order valence-electron chi connectivity index (χ4n) is 4.07. The first kappa shape index (κ1) is 18.4. The van der Waals surface area contributed by atoms with Crippen LogP contribution in [-0.4, -0.2) is 52.3 Å². The van der Waals surface area contributed by atoms with Crippen LogP contribution in [0.2, 0.25) is 0 Å². The topological polar surface area (TPSA) is 77.9 Å². The quantitative estimate of drug-likeness (QED) is 0.896. The van der Waals surface area contributed by atoms with E-state index in [0.717, 1.165) is 18.4 Å². The van der Waals surface area contributed by atoms with Crippen molar-refractivity contribution in [3.8, 4) is 0 Å². The molecule has 2 aliphatic rings. The van der Waals surface area contributed by atoms with Crippen molar-refractivity contribution in [3.05, 3.63) is 35.9 Å². The van der Waals surface area contributed by atoms with Gasteiger partial charge in [-0.3, -0.25) is 14.4 Å². The van der Waals surface area contributed by atoms with E-state index in [9.17, 15) is 19.5 Å². The van der Waals surface area contributed by atoms with Gasteiger partial charge in [0.15, 0.2) is 0 Å². The Morgan fingerprint density at radius 1 is 1.15 bits per heavy atom. The lowest BCUT2D eigenvalue weighted by atomic mass is 9.89. The zero-order valence-electron chi connectivity index (χ0n) is 15.1. The maximum Gasteiger partial charge on any atom is 0.308 e. The summed E-state index contributed by atoms with van der Waals surface area (Å²) in [6.07, 6.45) is 2.78. The normalized spacial score (nSPS) is 25.0. The molecule has 1 N–H and O–H groups in total. The van der Waals surface area contributed by atoms with Crippen molar-refractivity contribution in [2.24, 2.45) is 11.8 Å². The highest BCUT2D eigenvalue weighted by atomic mass is 16.4. The molecule has 26 heavy (non-hydrogen) atoms. The summed E-state index contributed by atoms with van der Waals surface area (Å²) in [5.74, 6) is -1.44. The fourth-order valence-corrected chi connectivity index (χ4v) is 4.07. The molecule has 0 radical (unpaired) electrons. The molecule has 3 unspecified atom stereocenters. The minimum absolute atomic E-state index is 0.00158. The number of carbonyl (C=O) groups excluding carboxylic acids is 2. The molecule has 6 heteroatoms. The lowest BCUT2D eigenvalue weighted by molar-refractivity contribution is -0.153. The molecule has 0 aromatic heterocycles. The van der Waals surface area contributed by atoms with Crippen molar-refractivity contribution in [1.29, 1.82) is 0 Å². The molecule has 2 saturated heterocycles. The van der Waals surface area contributed by atoms with Crippen molar-refractivity contribution < 1.29 is 19.5 Å². The Hall–Kier alpha value is -2.37. The van der Waals surface area contributed by atoms with Crippen LogP contribution in [0.15, 0.2) is 30.3 Å². The Labute approximate surface area is 153 Å². The number of hydrogen-bond acceptors (Lipinski definition) is 3. The molecular formula is C20H26N2O4. The molecule has 6 nitrogen and oxygen atoms in total. The van der Waals surface area contributed by atoms with Gasteiger partial charge in [-0.15, -0.1) is 0 Å². The zero-order chi connectivity index (χ0) is 18.7. The Bertz CT molecular complexity index is 676. The third kappa shape index (κ3) is 3.89. The molecule has 0 spiro atoms. The molecule has 2 heterocycles. The van der Waals surface area contributed by atoms with Crippen molar-refractivity contribution >= 4 is 17.8 Å². The number of carbonyl (C=O) groups is 3. The first-order chi connectivity index (χ1) is 12.5. The zero-order valence-corrected chi connectivity index (χ0v) is 15.1. The number of amides is 2. The second-order valence-electron chi connectivity index (χ2n) is 7.48. The largest absolute Gasteiger partial charge is 0.481 e. The minimum atomic E-state index is -0.861. The van der Waals surface area contributed by atoms with Crippen molar-refractivity contribution in [2.45, 2.75) is 38.6 Å². The van der Waals surface area contributed by atoms with Gasteiger partial charge in [-0.1, -0.05) is 37.3 Å². The molecule has 2 aliphatic heterocycles. The number of carboxylic acid groups (broad SMARTS) is 1. The Morgan fingerprint density at radius 3 is 2.54 bits per heavy atom. The van der Waals surface area contributed by atoms with Gasteiger partial charge in [-0.2, -0.15) is 0 Å². The van der Waals surface area contributed by atoms with E-state index in [4.69, 9.17) is 0 Å². The van der Waals surface area contributed by atoms with E-state index in [2.05, 4.69) is 0 Å². The van der Waals surface area contributed by atoms with Gasteiger partial charge in [0.25, 0.3) is 0 Å². The van der Waals surface area contributed by atoms with Gasteiger partial charge in [-0.05, 0) is 30.7 Å². The molecule has 3 rings (SSSR count). The van der Waals surface area contributed by atoms with Crippen molar-refractivity contribution in [1.82, 2.24) is 9.80 Å². The number of benzene rings is 1. The number of nitrogens with zero attached hydrogens (tertiary/aromatic N) is 2.